The normalized spacial score (nSPS) is 11.5. The summed E-state index contributed by atoms with van der Waals surface area (Å²) in [5.74, 6) is -1.02. The molecule has 0 aliphatic rings. The van der Waals surface area contributed by atoms with Crippen molar-refractivity contribution in [2.45, 2.75) is 19.1 Å². The van der Waals surface area contributed by atoms with Gasteiger partial charge in [-0.2, -0.15) is 13.2 Å². The number of nitrogens with one attached hydrogen (secondary N) is 1. The number of benzene rings is 1. The van der Waals surface area contributed by atoms with Crippen molar-refractivity contribution in [1.29, 1.82) is 0 Å². The molecule has 20 heavy (non-hydrogen) atoms. The van der Waals surface area contributed by atoms with Crippen molar-refractivity contribution < 1.29 is 22.4 Å². The minimum absolute atomic E-state index is 0.0710. The first-order chi connectivity index (χ1) is 9.20. The first-order valence-electron chi connectivity index (χ1n) is 5.97. The van der Waals surface area contributed by atoms with Crippen molar-refractivity contribution in [3.8, 4) is 0 Å². The maximum atomic E-state index is 13.1. The van der Waals surface area contributed by atoms with Crippen molar-refractivity contribution in [1.82, 2.24) is 10.2 Å². The number of halogens is 4. The van der Waals surface area contributed by atoms with Crippen LogP contribution in [0.4, 0.5) is 17.6 Å². The van der Waals surface area contributed by atoms with Crippen LogP contribution in [0.2, 0.25) is 0 Å². The van der Waals surface area contributed by atoms with Gasteiger partial charge < -0.3 is 10.2 Å². The molecule has 3 nitrogen and oxygen atoms in total. The van der Waals surface area contributed by atoms with Gasteiger partial charge in [-0.15, -0.1) is 0 Å². The number of alkyl halides is 3. The van der Waals surface area contributed by atoms with E-state index in [1.165, 1.54) is 4.90 Å². The van der Waals surface area contributed by atoms with Gasteiger partial charge >= 0.3 is 6.18 Å². The fraction of sp³-hybridized carbons (Fsp3) is 0.462. The zero-order valence-corrected chi connectivity index (χ0v) is 11.2. The molecule has 0 aliphatic carbocycles. The molecule has 0 atom stereocenters. The Morgan fingerprint density at radius 2 is 1.90 bits per heavy atom. The number of hydrogen-bond donors (Lipinski definition) is 1. The Balaban J connectivity index is 2.56. The lowest BCUT2D eigenvalue weighted by molar-refractivity contribution is -0.137. The molecule has 1 aromatic carbocycles. The SMILES string of the molecule is CN(C)C(=O)CCNCc1cc(F)cc(C(F)(F)F)c1. The summed E-state index contributed by atoms with van der Waals surface area (Å²) in [6, 6.07) is 2.39. The molecule has 0 fully saturated rings. The van der Waals surface area contributed by atoms with E-state index in [0.717, 1.165) is 12.1 Å². The van der Waals surface area contributed by atoms with E-state index in [2.05, 4.69) is 5.32 Å². The topological polar surface area (TPSA) is 32.3 Å². The van der Waals surface area contributed by atoms with Crippen LogP contribution in [0.5, 0.6) is 0 Å². The molecule has 0 spiro atoms. The Morgan fingerprint density at radius 1 is 1.25 bits per heavy atom. The van der Waals surface area contributed by atoms with Crippen LogP contribution in [-0.4, -0.2) is 31.4 Å². The Bertz CT molecular complexity index is 472. The van der Waals surface area contributed by atoms with Crippen molar-refractivity contribution in [2.24, 2.45) is 0 Å². The maximum Gasteiger partial charge on any atom is 0.416 e. The highest BCUT2D eigenvalue weighted by atomic mass is 19.4. The molecular formula is C13H16F4N2O. The predicted octanol–water partition coefficient (Wildman–Crippen LogP) is 2.41. The molecule has 0 heterocycles. The van der Waals surface area contributed by atoms with E-state index in [0.29, 0.717) is 12.6 Å². The van der Waals surface area contributed by atoms with Gasteiger partial charge in [-0.3, -0.25) is 4.79 Å². The minimum atomic E-state index is -4.57. The summed E-state index contributed by atoms with van der Waals surface area (Å²) in [6.07, 6.45) is -4.34. The molecule has 7 heteroatoms. The van der Waals surface area contributed by atoms with Crippen LogP contribution in [0.25, 0.3) is 0 Å². The van der Waals surface area contributed by atoms with E-state index >= 15 is 0 Å². The van der Waals surface area contributed by atoms with Gasteiger partial charge in [0.1, 0.15) is 5.82 Å². The second-order valence-electron chi connectivity index (χ2n) is 4.56. The maximum absolute atomic E-state index is 13.1. The predicted molar refractivity (Wildman–Crippen MR) is 66.4 cm³/mol. The first-order valence-corrected chi connectivity index (χ1v) is 5.97. The largest absolute Gasteiger partial charge is 0.416 e. The Labute approximate surface area is 114 Å². The average Bonchev–Trinajstić information content (AvgIpc) is 2.32. The first kappa shape index (κ1) is 16.4. The summed E-state index contributed by atoms with van der Waals surface area (Å²) < 4.78 is 50.6. The molecule has 0 saturated carbocycles. The van der Waals surface area contributed by atoms with E-state index < -0.39 is 17.6 Å². The number of amides is 1. The van der Waals surface area contributed by atoms with E-state index in [9.17, 15) is 22.4 Å². The molecule has 0 aromatic heterocycles. The van der Waals surface area contributed by atoms with Gasteiger partial charge in [0.05, 0.1) is 5.56 Å². The van der Waals surface area contributed by atoms with Crippen LogP contribution in [-0.2, 0) is 17.5 Å². The van der Waals surface area contributed by atoms with Crippen molar-refractivity contribution in [2.75, 3.05) is 20.6 Å². The van der Waals surface area contributed by atoms with Crippen LogP contribution in [0.3, 0.4) is 0 Å². The quantitative estimate of drug-likeness (QED) is 0.667. The second-order valence-corrected chi connectivity index (χ2v) is 4.56. The van der Waals surface area contributed by atoms with E-state index in [4.69, 9.17) is 0 Å². The zero-order chi connectivity index (χ0) is 15.3. The van der Waals surface area contributed by atoms with E-state index in [1.54, 1.807) is 14.1 Å². The van der Waals surface area contributed by atoms with Crippen LogP contribution in [0.1, 0.15) is 17.5 Å². The lowest BCUT2D eigenvalue weighted by atomic mass is 10.1. The molecule has 0 aliphatic heterocycles. The molecule has 1 N–H and O–H groups in total. The van der Waals surface area contributed by atoms with Gasteiger partial charge in [0, 0.05) is 33.6 Å². The molecule has 0 radical (unpaired) electrons. The Hall–Kier alpha value is -1.63. The second kappa shape index (κ2) is 6.69. The summed E-state index contributed by atoms with van der Waals surface area (Å²) in [4.78, 5) is 12.7. The van der Waals surface area contributed by atoms with Crippen molar-refractivity contribution in [3.63, 3.8) is 0 Å². The minimum Gasteiger partial charge on any atom is -0.349 e. The number of hydrogen-bond acceptors (Lipinski definition) is 2. The molecule has 112 valence electrons. The van der Waals surface area contributed by atoms with Gasteiger partial charge in [-0.1, -0.05) is 0 Å². The van der Waals surface area contributed by atoms with Crippen molar-refractivity contribution >= 4 is 5.91 Å². The summed E-state index contributed by atoms with van der Waals surface area (Å²) in [6.45, 7) is 0.385. The third-order valence-corrected chi connectivity index (χ3v) is 2.63. The molecule has 1 amide bonds. The standard InChI is InChI=1S/C13H16F4N2O/c1-19(2)12(20)3-4-18-8-9-5-10(13(15,16)17)7-11(14)6-9/h5-7,18H,3-4,8H2,1-2H3. The van der Waals surface area contributed by atoms with Gasteiger partial charge in [-0.25, -0.2) is 4.39 Å². The third kappa shape index (κ3) is 5.16. The molecule has 0 bridgehead atoms. The van der Waals surface area contributed by atoms with E-state index in [-0.39, 0.29) is 24.4 Å². The third-order valence-electron chi connectivity index (χ3n) is 2.63. The van der Waals surface area contributed by atoms with Gasteiger partial charge in [-0.05, 0) is 23.8 Å². The van der Waals surface area contributed by atoms with Gasteiger partial charge in [0.2, 0.25) is 5.91 Å². The summed E-state index contributed by atoms with van der Waals surface area (Å²) in [5.41, 5.74) is -0.826. The summed E-state index contributed by atoms with van der Waals surface area (Å²) in [7, 11) is 3.23. The zero-order valence-electron chi connectivity index (χ0n) is 11.2. The molecule has 1 aromatic rings. The highest BCUT2D eigenvalue weighted by molar-refractivity contribution is 5.75. The van der Waals surface area contributed by atoms with Crippen LogP contribution >= 0.6 is 0 Å². The number of rotatable bonds is 5. The Morgan fingerprint density at radius 3 is 2.45 bits per heavy atom. The highest BCUT2D eigenvalue weighted by Crippen LogP contribution is 2.30. The molecule has 0 unspecified atom stereocenters. The van der Waals surface area contributed by atoms with E-state index in [1.807, 2.05) is 0 Å². The van der Waals surface area contributed by atoms with Crippen LogP contribution in [0, 0.1) is 5.82 Å². The molecule has 1 rings (SSSR count). The smallest absolute Gasteiger partial charge is 0.349 e. The van der Waals surface area contributed by atoms with Gasteiger partial charge in [0.25, 0.3) is 0 Å². The summed E-state index contributed by atoms with van der Waals surface area (Å²) in [5, 5.41) is 2.81. The summed E-state index contributed by atoms with van der Waals surface area (Å²) >= 11 is 0. The monoisotopic (exact) mass is 292 g/mol. The lowest BCUT2D eigenvalue weighted by Crippen LogP contribution is -2.26. The van der Waals surface area contributed by atoms with Crippen LogP contribution in [0.15, 0.2) is 18.2 Å². The average molecular weight is 292 g/mol. The molecular weight excluding hydrogens is 276 g/mol. The number of carbonyl (C=O) groups is 1. The fourth-order valence-electron chi connectivity index (χ4n) is 1.57. The van der Waals surface area contributed by atoms with Crippen LogP contribution < -0.4 is 5.32 Å². The van der Waals surface area contributed by atoms with Gasteiger partial charge in [0.15, 0.2) is 0 Å². The van der Waals surface area contributed by atoms with Crippen molar-refractivity contribution in [3.05, 3.63) is 35.1 Å². The lowest BCUT2D eigenvalue weighted by Gasteiger charge is -2.12. The Kier molecular flexibility index (Phi) is 5.50. The number of nitrogens with zero attached hydrogens (tertiary/aromatic N) is 1. The molecule has 0 saturated heterocycles. The number of carbonyl (C=O) groups excluding carboxylic acids is 1. The highest BCUT2D eigenvalue weighted by Gasteiger charge is 2.31. The fourth-order valence-corrected chi connectivity index (χ4v) is 1.57.